The summed E-state index contributed by atoms with van der Waals surface area (Å²) in [7, 11) is 1.66. The Kier molecular flexibility index (Phi) is 6.30. The number of rotatable bonds is 6. The zero-order valence-corrected chi connectivity index (χ0v) is 11.1. The van der Waals surface area contributed by atoms with Gasteiger partial charge in [0.2, 0.25) is 5.91 Å². The summed E-state index contributed by atoms with van der Waals surface area (Å²) in [6.45, 7) is 4.68. The summed E-state index contributed by atoms with van der Waals surface area (Å²) >= 11 is 0. The molecule has 1 rings (SSSR count). The van der Waals surface area contributed by atoms with Gasteiger partial charge in [-0.25, -0.2) is 0 Å². The van der Waals surface area contributed by atoms with Crippen LogP contribution in [0.15, 0.2) is 0 Å². The first-order valence-electron chi connectivity index (χ1n) is 5.51. The maximum Gasteiger partial charge on any atom is 0.227 e. The van der Waals surface area contributed by atoms with Crippen LogP contribution < -0.4 is 11.1 Å². The topological polar surface area (TPSA) is 64.3 Å². The number of ether oxygens (including phenoxy) is 1. The highest BCUT2D eigenvalue weighted by molar-refractivity contribution is 5.85. The number of hydrogen-bond donors (Lipinski definition) is 2. The van der Waals surface area contributed by atoms with E-state index in [4.69, 9.17) is 10.5 Å². The SMILES string of the molecule is COCC(NC(=O)C(C)(C)CN)C1CC1.Cl. The molecule has 96 valence electrons. The van der Waals surface area contributed by atoms with Crippen molar-refractivity contribution < 1.29 is 9.53 Å². The third-order valence-corrected chi connectivity index (χ3v) is 2.98. The molecule has 16 heavy (non-hydrogen) atoms. The predicted octanol–water partition coefficient (Wildman–Crippen LogP) is 0.934. The van der Waals surface area contributed by atoms with Gasteiger partial charge in [0.25, 0.3) is 0 Å². The van der Waals surface area contributed by atoms with E-state index in [-0.39, 0.29) is 24.4 Å². The Balaban J connectivity index is 0.00000225. The second-order valence-electron chi connectivity index (χ2n) is 4.96. The van der Waals surface area contributed by atoms with Crippen LogP contribution in [-0.4, -0.2) is 32.2 Å². The molecule has 0 heterocycles. The van der Waals surface area contributed by atoms with Crippen molar-refractivity contribution in [2.24, 2.45) is 17.1 Å². The number of carbonyl (C=O) groups excluding carboxylic acids is 1. The van der Waals surface area contributed by atoms with Gasteiger partial charge < -0.3 is 15.8 Å². The summed E-state index contributed by atoms with van der Waals surface area (Å²) in [6.07, 6.45) is 2.38. The smallest absolute Gasteiger partial charge is 0.227 e. The zero-order chi connectivity index (χ0) is 11.5. The van der Waals surface area contributed by atoms with Crippen LogP contribution in [0.3, 0.4) is 0 Å². The molecule has 5 heteroatoms. The maximum atomic E-state index is 11.9. The number of amides is 1. The van der Waals surface area contributed by atoms with Crippen molar-refractivity contribution in [1.82, 2.24) is 5.32 Å². The largest absolute Gasteiger partial charge is 0.383 e. The van der Waals surface area contributed by atoms with Crippen LogP contribution in [0.1, 0.15) is 26.7 Å². The minimum atomic E-state index is -0.485. The van der Waals surface area contributed by atoms with Crippen molar-refractivity contribution >= 4 is 18.3 Å². The monoisotopic (exact) mass is 250 g/mol. The van der Waals surface area contributed by atoms with Gasteiger partial charge in [0, 0.05) is 13.7 Å². The molecule has 0 aromatic rings. The van der Waals surface area contributed by atoms with E-state index >= 15 is 0 Å². The van der Waals surface area contributed by atoms with Crippen LogP contribution in [0.2, 0.25) is 0 Å². The fourth-order valence-electron chi connectivity index (χ4n) is 1.43. The van der Waals surface area contributed by atoms with Crippen LogP contribution in [0, 0.1) is 11.3 Å². The number of nitrogens with two attached hydrogens (primary N) is 1. The quantitative estimate of drug-likeness (QED) is 0.737. The predicted molar refractivity (Wildman–Crippen MR) is 66.6 cm³/mol. The second kappa shape index (κ2) is 6.42. The van der Waals surface area contributed by atoms with Gasteiger partial charge in [-0.15, -0.1) is 12.4 Å². The Morgan fingerprint density at radius 2 is 2.12 bits per heavy atom. The standard InChI is InChI=1S/C11H22N2O2.ClH/c1-11(2,7-12)10(14)13-9(6-15-3)8-4-5-8;/h8-9H,4-7,12H2,1-3H3,(H,13,14);1H. The van der Waals surface area contributed by atoms with E-state index < -0.39 is 5.41 Å². The molecule has 4 nitrogen and oxygen atoms in total. The molecule has 1 unspecified atom stereocenters. The van der Waals surface area contributed by atoms with Gasteiger partial charge in [-0.3, -0.25) is 4.79 Å². The van der Waals surface area contributed by atoms with Crippen molar-refractivity contribution in [2.75, 3.05) is 20.3 Å². The van der Waals surface area contributed by atoms with Gasteiger partial charge in [0.05, 0.1) is 18.1 Å². The average molecular weight is 251 g/mol. The van der Waals surface area contributed by atoms with Crippen molar-refractivity contribution in [3.63, 3.8) is 0 Å². The molecule has 1 atom stereocenters. The van der Waals surface area contributed by atoms with Crippen molar-refractivity contribution in [2.45, 2.75) is 32.7 Å². The molecule has 0 spiro atoms. The molecule has 0 aliphatic heterocycles. The molecular formula is C11H23ClN2O2. The van der Waals surface area contributed by atoms with Gasteiger partial charge in [0.1, 0.15) is 0 Å². The normalized spacial score (nSPS) is 17.5. The highest BCUT2D eigenvalue weighted by Crippen LogP contribution is 2.33. The Hall–Kier alpha value is -0.320. The van der Waals surface area contributed by atoms with E-state index in [1.54, 1.807) is 7.11 Å². The Labute approximate surface area is 104 Å². The molecule has 1 aliphatic rings. The third kappa shape index (κ3) is 4.28. The van der Waals surface area contributed by atoms with Crippen molar-refractivity contribution in [3.05, 3.63) is 0 Å². The summed E-state index contributed by atoms with van der Waals surface area (Å²) < 4.78 is 5.11. The van der Waals surface area contributed by atoms with E-state index in [9.17, 15) is 4.79 Å². The highest BCUT2D eigenvalue weighted by Gasteiger charge is 2.35. The molecule has 0 saturated heterocycles. The summed E-state index contributed by atoms with van der Waals surface area (Å²) in [5, 5.41) is 3.03. The van der Waals surface area contributed by atoms with Gasteiger partial charge in [0.15, 0.2) is 0 Å². The van der Waals surface area contributed by atoms with Gasteiger partial charge in [-0.2, -0.15) is 0 Å². The fraction of sp³-hybridized carbons (Fsp3) is 0.909. The van der Waals surface area contributed by atoms with Gasteiger partial charge in [-0.05, 0) is 32.6 Å². The van der Waals surface area contributed by atoms with E-state index in [1.807, 2.05) is 13.8 Å². The molecule has 0 aromatic heterocycles. The first-order valence-corrected chi connectivity index (χ1v) is 5.51. The lowest BCUT2D eigenvalue weighted by atomic mass is 9.92. The van der Waals surface area contributed by atoms with E-state index in [2.05, 4.69) is 5.32 Å². The van der Waals surface area contributed by atoms with Crippen LogP contribution in [-0.2, 0) is 9.53 Å². The number of hydrogen-bond acceptors (Lipinski definition) is 3. The molecule has 1 aliphatic carbocycles. The molecule has 0 bridgehead atoms. The Morgan fingerprint density at radius 1 is 1.56 bits per heavy atom. The number of halogens is 1. The Bertz CT molecular complexity index is 230. The number of methoxy groups -OCH3 is 1. The third-order valence-electron chi connectivity index (χ3n) is 2.98. The van der Waals surface area contributed by atoms with Crippen LogP contribution in [0.4, 0.5) is 0 Å². The first kappa shape index (κ1) is 15.7. The lowest BCUT2D eigenvalue weighted by Crippen LogP contribution is -2.48. The zero-order valence-electron chi connectivity index (χ0n) is 10.3. The molecule has 1 fully saturated rings. The highest BCUT2D eigenvalue weighted by atomic mass is 35.5. The number of carbonyl (C=O) groups is 1. The summed E-state index contributed by atoms with van der Waals surface area (Å²) in [5.41, 5.74) is 5.07. The fourth-order valence-corrected chi connectivity index (χ4v) is 1.43. The molecule has 0 radical (unpaired) electrons. The second-order valence-corrected chi connectivity index (χ2v) is 4.96. The van der Waals surface area contributed by atoms with E-state index in [0.29, 0.717) is 19.1 Å². The first-order chi connectivity index (χ1) is 7.01. The minimum Gasteiger partial charge on any atom is -0.383 e. The Morgan fingerprint density at radius 3 is 2.50 bits per heavy atom. The molecule has 3 N–H and O–H groups in total. The molecule has 1 saturated carbocycles. The van der Waals surface area contributed by atoms with Crippen molar-refractivity contribution in [3.8, 4) is 0 Å². The average Bonchev–Trinajstić information content (AvgIpc) is 3.00. The molecule has 1 amide bonds. The number of nitrogens with one attached hydrogen (secondary N) is 1. The van der Waals surface area contributed by atoms with Crippen molar-refractivity contribution in [1.29, 1.82) is 0 Å². The van der Waals surface area contributed by atoms with Gasteiger partial charge >= 0.3 is 0 Å². The van der Waals surface area contributed by atoms with Gasteiger partial charge in [-0.1, -0.05) is 0 Å². The van der Waals surface area contributed by atoms with E-state index in [0.717, 1.165) is 0 Å². The van der Waals surface area contributed by atoms with Crippen LogP contribution >= 0.6 is 12.4 Å². The molecule has 0 aromatic carbocycles. The lowest BCUT2D eigenvalue weighted by Gasteiger charge is -2.25. The lowest BCUT2D eigenvalue weighted by molar-refractivity contribution is -0.130. The molecular weight excluding hydrogens is 228 g/mol. The maximum absolute atomic E-state index is 11.9. The summed E-state index contributed by atoms with van der Waals surface area (Å²) in [6, 6.07) is 0.160. The van der Waals surface area contributed by atoms with E-state index in [1.165, 1.54) is 12.8 Å². The minimum absolute atomic E-state index is 0. The van der Waals surface area contributed by atoms with Crippen LogP contribution in [0.25, 0.3) is 0 Å². The summed E-state index contributed by atoms with van der Waals surface area (Å²) in [5.74, 6) is 0.626. The van der Waals surface area contributed by atoms with Crippen LogP contribution in [0.5, 0.6) is 0 Å². The summed E-state index contributed by atoms with van der Waals surface area (Å²) in [4.78, 5) is 11.9.